The van der Waals surface area contributed by atoms with Crippen LogP contribution in [-0.2, 0) is 16.6 Å². The molecule has 0 unspecified atom stereocenters. The van der Waals surface area contributed by atoms with Crippen molar-refractivity contribution in [1.29, 1.82) is 0 Å². The van der Waals surface area contributed by atoms with Gasteiger partial charge in [0.05, 0.1) is 0 Å². The molecule has 2 saturated carbocycles. The second-order valence-corrected chi connectivity index (χ2v) is 9.66. The molecule has 156 valence electrons. The van der Waals surface area contributed by atoms with Gasteiger partial charge in [0.25, 0.3) is 0 Å². The number of benzene rings is 2. The van der Waals surface area contributed by atoms with Crippen molar-refractivity contribution in [1.82, 2.24) is 0 Å². The number of anilines is 1. The molecule has 0 atom stereocenters. The van der Waals surface area contributed by atoms with Gasteiger partial charge in [-0.3, -0.25) is 0 Å². The Morgan fingerprint density at radius 1 is 0.967 bits per heavy atom. The highest BCUT2D eigenvalue weighted by Crippen LogP contribution is 2.56. The maximum atomic E-state index is 12.4. The zero-order valence-corrected chi connectivity index (χ0v) is 18.0. The SMILES string of the molecule is O=C(O)C1(Nc2cccc(Cl)c2)CCC2(CC1)C(=C1CCCC1)Cc1ccccc12. The van der Waals surface area contributed by atoms with Crippen LogP contribution >= 0.6 is 11.6 Å². The van der Waals surface area contributed by atoms with E-state index >= 15 is 0 Å². The average molecular weight is 422 g/mol. The van der Waals surface area contributed by atoms with Gasteiger partial charge in [0.15, 0.2) is 0 Å². The van der Waals surface area contributed by atoms with Gasteiger partial charge in [-0.2, -0.15) is 0 Å². The van der Waals surface area contributed by atoms with Crippen LogP contribution in [0.4, 0.5) is 5.69 Å². The van der Waals surface area contributed by atoms with E-state index in [9.17, 15) is 9.90 Å². The molecule has 0 heterocycles. The lowest BCUT2D eigenvalue weighted by molar-refractivity contribution is -0.143. The first kappa shape index (κ1) is 19.7. The highest BCUT2D eigenvalue weighted by atomic mass is 35.5. The number of allylic oxidation sites excluding steroid dienone is 2. The molecule has 2 aromatic rings. The van der Waals surface area contributed by atoms with E-state index in [0.717, 1.165) is 24.9 Å². The number of fused-ring (bicyclic) bond motifs is 2. The van der Waals surface area contributed by atoms with E-state index in [1.807, 2.05) is 24.3 Å². The average Bonchev–Trinajstić information content (AvgIpc) is 3.37. The Bertz CT molecular complexity index is 1010. The molecule has 0 aliphatic heterocycles. The number of halogens is 1. The molecule has 5 rings (SSSR count). The molecule has 30 heavy (non-hydrogen) atoms. The van der Waals surface area contributed by atoms with E-state index in [2.05, 4.69) is 29.6 Å². The first-order chi connectivity index (χ1) is 14.5. The normalized spacial score (nSPS) is 28.0. The van der Waals surface area contributed by atoms with E-state index < -0.39 is 11.5 Å². The quantitative estimate of drug-likeness (QED) is 0.555. The summed E-state index contributed by atoms with van der Waals surface area (Å²) < 4.78 is 0. The summed E-state index contributed by atoms with van der Waals surface area (Å²) in [6.45, 7) is 0. The Kier molecular flexibility index (Phi) is 4.89. The monoisotopic (exact) mass is 421 g/mol. The van der Waals surface area contributed by atoms with Crippen LogP contribution in [0.5, 0.6) is 0 Å². The highest BCUT2D eigenvalue weighted by molar-refractivity contribution is 6.30. The van der Waals surface area contributed by atoms with Crippen LogP contribution < -0.4 is 5.32 Å². The summed E-state index contributed by atoms with van der Waals surface area (Å²) in [6, 6.07) is 16.2. The fourth-order valence-corrected chi connectivity index (χ4v) is 6.33. The molecule has 0 radical (unpaired) electrons. The summed E-state index contributed by atoms with van der Waals surface area (Å²) in [5.74, 6) is -0.765. The van der Waals surface area contributed by atoms with Gasteiger partial charge in [0, 0.05) is 16.1 Å². The van der Waals surface area contributed by atoms with Crippen molar-refractivity contribution < 1.29 is 9.90 Å². The molecular formula is C26H28ClNO2. The predicted molar refractivity (Wildman–Crippen MR) is 121 cm³/mol. The topological polar surface area (TPSA) is 49.3 Å². The molecule has 4 heteroatoms. The number of hydrogen-bond acceptors (Lipinski definition) is 2. The van der Waals surface area contributed by atoms with Crippen molar-refractivity contribution >= 4 is 23.3 Å². The lowest BCUT2D eigenvalue weighted by atomic mass is 9.62. The smallest absolute Gasteiger partial charge is 0.329 e. The number of carbonyl (C=O) groups is 1. The fraction of sp³-hybridized carbons (Fsp3) is 0.423. The van der Waals surface area contributed by atoms with Crippen molar-refractivity contribution in [3.05, 3.63) is 75.8 Å². The van der Waals surface area contributed by atoms with Crippen LogP contribution in [0.2, 0.25) is 5.02 Å². The summed E-state index contributed by atoms with van der Waals surface area (Å²) in [5, 5.41) is 14.2. The maximum Gasteiger partial charge on any atom is 0.329 e. The Morgan fingerprint density at radius 2 is 1.70 bits per heavy atom. The predicted octanol–water partition coefficient (Wildman–Crippen LogP) is 6.51. The summed E-state index contributed by atoms with van der Waals surface area (Å²) in [6.07, 6.45) is 9.05. The van der Waals surface area contributed by atoms with Crippen molar-refractivity contribution in [2.45, 2.75) is 68.7 Å². The van der Waals surface area contributed by atoms with E-state index in [0.29, 0.717) is 17.9 Å². The zero-order chi connectivity index (χ0) is 20.8. The Morgan fingerprint density at radius 3 is 2.40 bits per heavy atom. The van der Waals surface area contributed by atoms with Gasteiger partial charge in [-0.15, -0.1) is 0 Å². The van der Waals surface area contributed by atoms with E-state index in [-0.39, 0.29) is 5.41 Å². The molecule has 3 aliphatic rings. The maximum absolute atomic E-state index is 12.4. The van der Waals surface area contributed by atoms with Gasteiger partial charge < -0.3 is 10.4 Å². The number of rotatable bonds is 3. The van der Waals surface area contributed by atoms with Crippen LogP contribution in [0.1, 0.15) is 62.5 Å². The number of carboxylic acids is 1. The summed E-state index contributed by atoms with van der Waals surface area (Å²) in [7, 11) is 0. The molecule has 0 saturated heterocycles. The third kappa shape index (κ3) is 3.15. The molecular weight excluding hydrogens is 394 g/mol. The third-order valence-corrected chi connectivity index (χ3v) is 7.92. The Labute approximate surface area is 183 Å². The number of carboxylic acid groups (broad SMARTS) is 1. The van der Waals surface area contributed by atoms with Gasteiger partial charge in [-0.1, -0.05) is 53.1 Å². The first-order valence-electron chi connectivity index (χ1n) is 11.1. The highest BCUT2D eigenvalue weighted by Gasteiger charge is 2.52. The van der Waals surface area contributed by atoms with Crippen molar-refractivity contribution in [2.24, 2.45) is 0 Å². The minimum absolute atomic E-state index is 0.0191. The number of nitrogens with one attached hydrogen (secondary N) is 1. The van der Waals surface area contributed by atoms with Gasteiger partial charge in [-0.25, -0.2) is 4.79 Å². The fourth-order valence-electron chi connectivity index (χ4n) is 6.14. The van der Waals surface area contributed by atoms with Crippen molar-refractivity contribution in [3.63, 3.8) is 0 Å². The molecule has 0 bridgehead atoms. The largest absolute Gasteiger partial charge is 0.480 e. The molecule has 0 aromatic heterocycles. The van der Waals surface area contributed by atoms with E-state index in [1.165, 1.54) is 36.8 Å². The lowest BCUT2D eigenvalue weighted by Crippen LogP contribution is -2.52. The Hall–Kier alpha value is -2.26. The van der Waals surface area contributed by atoms with Crippen molar-refractivity contribution in [3.8, 4) is 0 Å². The summed E-state index contributed by atoms with van der Waals surface area (Å²) in [4.78, 5) is 12.4. The van der Waals surface area contributed by atoms with Crippen LogP contribution in [0.25, 0.3) is 0 Å². The lowest BCUT2D eigenvalue weighted by Gasteiger charge is -2.45. The number of hydrogen-bond donors (Lipinski definition) is 2. The molecule has 2 fully saturated rings. The molecule has 0 amide bonds. The molecule has 3 aliphatic carbocycles. The summed E-state index contributed by atoms with van der Waals surface area (Å²) >= 11 is 6.14. The van der Waals surface area contributed by atoms with Crippen molar-refractivity contribution in [2.75, 3.05) is 5.32 Å². The second-order valence-electron chi connectivity index (χ2n) is 9.23. The van der Waals surface area contributed by atoms with Gasteiger partial charge in [-0.05, 0) is 87.1 Å². The second kappa shape index (κ2) is 7.46. The van der Waals surface area contributed by atoms with Gasteiger partial charge >= 0.3 is 5.97 Å². The molecule has 3 nitrogen and oxygen atoms in total. The molecule has 2 N–H and O–H groups in total. The van der Waals surface area contributed by atoms with Gasteiger partial charge in [0.2, 0.25) is 0 Å². The van der Waals surface area contributed by atoms with E-state index in [4.69, 9.17) is 11.6 Å². The molecule has 1 spiro atoms. The minimum Gasteiger partial charge on any atom is -0.480 e. The zero-order valence-electron chi connectivity index (χ0n) is 17.2. The van der Waals surface area contributed by atoms with Crippen LogP contribution in [0.15, 0.2) is 59.7 Å². The first-order valence-corrected chi connectivity index (χ1v) is 11.5. The number of aliphatic carboxylic acids is 1. The standard InChI is InChI=1S/C26H28ClNO2/c27-20-9-5-10-21(17-20)28-26(24(29)30)14-12-25(13-15-26)22-11-4-3-8-19(22)16-23(25)18-6-1-2-7-18/h3-5,8-11,17,28H,1-2,6-7,12-16H2,(H,29,30). The van der Waals surface area contributed by atoms with Gasteiger partial charge in [0.1, 0.15) is 5.54 Å². The minimum atomic E-state index is -0.946. The molecule has 2 aromatic carbocycles. The summed E-state index contributed by atoms with van der Waals surface area (Å²) in [5.41, 5.74) is 6.00. The third-order valence-electron chi connectivity index (χ3n) is 7.69. The van der Waals surface area contributed by atoms with Crippen LogP contribution in [0.3, 0.4) is 0 Å². The van der Waals surface area contributed by atoms with Crippen LogP contribution in [-0.4, -0.2) is 16.6 Å². The van der Waals surface area contributed by atoms with Crippen LogP contribution in [0, 0.1) is 0 Å². The Balaban J connectivity index is 1.50. The van der Waals surface area contributed by atoms with E-state index in [1.54, 1.807) is 11.1 Å².